The van der Waals surface area contributed by atoms with E-state index >= 15 is 0 Å². The molecule has 0 aromatic heterocycles. The zero-order valence-corrected chi connectivity index (χ0v) is 15.6. The van der Waals surface area contributed by atoms with Gasteiger partial charge in [-0.25, -0.2) is 0 Å². The molecule has 0 atom stereocenters. The first kappa shape index (κ1) is 14.2. The molecule has 0 saturated heterocycles. The van der Waals surface area contributed by atoms with Crippen LogP contribution in [0.15, 0.2) is 48.5 Å². The van der Waals surface area contributed by atoms with Crippen LogP contribution in [-0.4, -0.2) is 10.6 Å². The monoisotopic (exact) mass is 401 g/mol. The van der Waals surface area contributed by atoms with Crippen LogP contribution in [0.5, 0.6) is 0 Å². The summed E-state index contributed by atoms with van der Waals surface area (Å²) in [7, 11) is 2.27. The summed E-state index contributed by atoms with van der Waals surface area (Å²) in [4.78, 5) is 0. The Hall–Kier alpha value is -1.42. The summed E-state index contributed by atoms with van der Waals surface area (Å²) in [6.07, 6.45) is 0. The van der Waals surface area contributed by atoms with Gasteiger partial charge in [0.05, 0.1) is 5.69 Å². The molecule has 0 saturated carbocycles. The first-order valence-corrected chi connectivity index (χ1v) is 9.73. The second-order valence-electron chi connectivity index (χ2n) is 6.53. The van der Waals surface area contributed by atoms with E-state index in [0.29, 0.717) is 0 Å². The maximum Gasteiger partial charge on any atom is 0.0575 e. The standard InChI is InChI=1S/C20H20IN/c1-13-20(2,3)18-16-11-7-5-9-14(16)15-10-6-8-12-17(15)19(18)22(4)21-13/h5-12H,1-4H3. The normalized spacial score (nSPS) is 17.1. The molecule has 3 aromatic rings. The lowest BCUT2D eigenvalue weighted by atomic mass is 9.77. The van der Waals surface area contributed by atoms with Gasteiger partial charge in [0, 0.05) is 17.8 Å². The van der Waals surface area contributed by atoms with E-state index < -0.39 is 0 Å². The molecule has 0 unspecified atom stereocenters. The lowest BCUT2D eigenvalue weighted by Crippen LogP contribution is -2.32. The van der Waals surface area contributed by atoms with E-state index in [1.54, 1.807) is 3.51 Å². The van der Waals surface area contributed by atoms with Crippen molar-refractivity contribution in [2.45, 2.75) is 26.2 Å². The van der Waals surface area contributed by atoms with Crippen molar-refractivity contribution in [3.05, 3.63) is 54.1 Å². The second-order valence-corrected chi connectivity index (χ2v) is 10.1. The lowest BCUT2D eigenvalue weighted by molar-refractivity contribution is 0.735. The fourth-order valence-corrected chi connectivity index (χ4v) is 6.29. The average molecular weight is 401 g/mol. The zero-order valence-electron chi connectivity index (χ0n) is 13.4. The first-order chi connectivity index (χ1) is 10.5. The van der Waals surface area contributed by atoms with E-state index in [1.807, 2.05) is 0 Å². The molecule has 112 valence electrons. The molecule has 4 rings (SSSR count). The van der Waals surface area contributed by atoms with Crippen LogP contribution in [0, 0.1) is 0 Å². The summed E-state index contributed by atoms with van der Waals surface area (Å²) in [6.45, 7) is 7.14. The predicted molar refractivity (Wildman–Crippen MR) is 108 cm³/mol. The van der Waals surface area contributed by atoms with Crippen LogP contribution in [0.1, 0.15) is 26.3 Å². The van der Waals surface area contributed by atoms with Gasteiger partial charge in [0.25, 0.3) is 0 Å². The number of anilines is 1. The Morgan fingerprint density at radius 1 is 0.818 bits per heavy atom. The van der Waals surface area contributed by atoms with Crippen molar-refractivity contribution in [2.24, 2.45) is 0 Å². The van der Waals surface area contributed by atoms with E-state index in [2.05, 4.69) is 79.5 Å². The van der Waals surface area contributed by atoms with Gasteiger partial charge in [-0.3, -0.25) is 0 Å². The molecule has 1 heterocycles. The molecule has 2 heteroatoms. The smallest absolute Gasteiger partial charge is 0.0575 e. The molecule has 0 radical (unpaired) electrons. The van der Waals surface area contributed by atoms with Crippen molar-refractivity contribution in [1.82, 2.24) is 0 Å². The molecule has 1 aliphatic heterocycles. The van der Waals surface area contributed by atoms with Gasteiger partial charge in [0.15, 0.2) is 0 Å². The Balaban J connectivity index is 2.32. The average Bonchev–Trinajstić information content (AvgIpc) is 2.52. The molecule has 0 aliphatic carbocycles. The second kappa shape index (κ2) is 4.79. The lowest BCUT2D eigenvalue weighted by Gasteiger charge is -2.38. The zero-order chi connectivity index (χ0) is 15.5. The first-order valence-electron chi connectivity index (χ1n) is 7.68. The summed E-state index contributed by atoms with van der Waals surface area (Å²) in [5.41, 5.74) is 3.11. The molecule has 0 bridgehead atoms. The number of fused-ring (bicyclic) bond motifs is 6. The quantitative estimate of drug-likeness (QED) is 0.262. The van der Waals surface area contributed by atoms with Crippen molar-refractivity contribution >= 4 is 51.7 Å². The molecular weight excluding hydrogens is 381 g/mol. The largest absolute Gasteiger partial charge is 0.322 e. The number of hydrogen-bond acceptors (Lipinski definition) is 1. The predicted octanol–water partition coefficient (Wildman–Crippen LogP) is 5.80. The van der Waals surface area contributed by atoms with Gasteiger partial charge >= 0.3 is 0 Å². The number of nitrogens with zero attached hydrogens (tertiary/aromatic N) is 1. The number of benzene rings is 3. The number of halogens is 1. The van der Waals surface area contributed by atoms with Gasteiger partial charge in [-0.2, -0.15) is 0 Å². The van der Waals surface area contributed by atoms with Crippen LogP contribution in [0.3, 0.4) is 0 Å². The van der Waals surface area contributed by atoms with Crippen molar-refractivity contribution in [3.8, 4) is 0 Å². The topological polar surface area (TPSA) is 3.24 Å². The molecule has 0 amide bonds. The van der Waals surface area contributed by atoms with Crippen LogP contribution in [0.4, 0.5) is 5.69 Å². The van der Waals surface area contributed by atoms with Gasteiger partial charge < -0.3 is 3.11 Å². The third kappa shape index (κ3) is 1.79. The van der Waals surface area contributed by atoms with Crippen molar-refractivity contribution in [3.63, 3.8) is 0 Å². The molecular formula is C20H20IN. The molecule has 1 nitrogen and oxygen atoms in total. The Labute approximate surface area is 142 Å². The SMILES string of the molecule is CC1=IN(C)c2c(c3ccccc3c3ccccc23)C1(C)C. The molecule has 3 aromatic carbocycles. The van der Waals surface area contributed by atoms with Crippen molar-refractivity contribution in [1.29, 1.82) is 0 Å². The Bertz CT molecular complexity index is 937. The fourth-order valence-electron chi connectivity index (χ4n) is 3.59. The van der Waals surface area contributed by atoms with Crippen LogP contribution < -0.4 is 3.11 Å². The highest BCUT2D eigenvalue weighted by Crippen LogP contribution is 2.49. The Morgan fingerprint density at radius 3 is 1.95 bits per heavy atom. The molecule has 1 aliphatic rings. The number of rotatable bonds is 0. The van der Waals surface area contributed by atoms with Crippen molar-refractivity contribution in [2.75, 3.05) is 10.2 Å². The van der Waals surface area contributed by atoms with Gasteiger partial charge in [0.2, 0.25) is 0 Å². The highest BCUT2D eigenvalue weighted by molar-refractivity contribution is 14.2. The third-order valence-corrected chi connectivity index (χ3v) is 8.23. The minimum absolute atomic E-state index is 0.0710. The Morgan fingerprint density at radius 2 is 1.32 bits per heavy atom. The van der Waals surface area contributed by atoms with E-state index in [0.717, 1.165) is 0 Å². The summed E-state index contributed by atoms with van der Waals surface area (Å²) < 4.78 is 4.17. The molecule has 0 fully saturated rings. The van der Waals surface area contributed by atoms with E-state index in [9.17, 15) is 0 Å². The highest BCUT2D eigenvalue weighted by atomic mass is 127. The fraction of sp³-hybridized carbons (Fsp3) is 0.250. The van der Waals surface area contributed by atoms with Gasteiger partial charge in [-0.05, 0) is 53.2 Å². The summed E-state index contributed by atoms with van der Waals surface area (Å²) >= 11 is -0.0710. The molecule has 0 N–H and O–H groups in total. The van der Waals surface area contributed by atoms with Gasteiger partial charge in [0.1, 0.15) is 0 Å². The summed E-state index contributed by atoms with van der Waals surface area (Å²) in [5.74, 6) is 0. The van der Waals surface area contributed by atoms with Gasteiger partial charge in [-0.15, -0.1) is 0 Å². The Kier molecular flexibility index (Phi) is 3.09. The van der Waals surface area contributed by atoms with Crippen LogP contribution in [0.2, 0.25) is 0 Å². The van der Waals surface area contributed by atoms with E-state index in [-0.39, 0.29) is 26.4 Å². The van der Waals surface area contributed by atoms with E-state index in [1.165, 1.54) is 32.8 Å². The van der Waals surface area contributed by atoms with Crippen LogP contribution in [-0.2, 0) is 5.41 Å². The van der Waals surface area contributed by atoms with Crippen LogP contribution in [0.25, 0.3) is 21.5 Å². The maximum atomic E-state index is 2.53. The minimum Gasteiger partial charge on any atom is -0.322 e. The number of hydrogen-bond donors (Lipinski definition) is 0. The molecule has 0 spiro atoms. The summed E-state index contributed by atoms with van der Waals surface area (Å²) in [5, 5.41) is 5.57. The van der Waals surface area contributed by atoms with E-state index in [4.69, 9.17) is 0 Å². The van der Waals surface area contributed by atoms with Gasteiger partial charge in [-0.1, -0.05) is 62.4 Å². The highest BCUT2D eigenvalue weighted by Gasteiger charge is 2.34. The van der Waals surface area contributed by atoms with Crippen LogP contribution >= 0.6 is 21.0 Å². The third-order valence-electron chi connectivity index (χ3n) is 4.95. The van der Waals surface area contributed by atoms with Crippen molar-refractivity contribution < 1.29 is 0 Å². The molecule has 22 heavy (non-hydrogen) atoms. The summed E-state index contributed by atoms with van der Waals surface area (Å²) in [6, 6.07) is 17.8. The maximum absolute atomic E-state index is 2.53. The minimum atomic E-state index is -0.0710.